The second kappa shape index (κ2) is 2.58. The summed E-state index contributed by atoms with van der Waals surface area (Å²) in [5.74, 6) is 5.53. The number of nitrogens with zero attached hydrogens (tertiary/aromatic N) is 2. The molecular weight excluding hydrogens is 164 g/mol. The molecule has 0 saturated carbocycles. The number of rotatable bonds is 0. The van der Waals surface area contributed by atoms with Gasteiger partial charge in [0, 0.05) is 17.3 Å². The number of pyridine rings is 2. The van der Waals surface area contributed by atoms with Crippen molar-refractivity contribution in [2.24, 2.45) is 0 Å². The highest BCUT2D eigenvalue weighted by Gasteiger charge is 1.98. The van der Waals surface area contributed by atoms with E-state index in [1.807, 2.05) is 19.1 Å². The molecule has 66 valence electrons. The minimum atomic E-state index is 0.282. The average molecular weight is 174 g/mol. The smallest absolute Gasteiger partial charge is 0.152 e. The van der Waals surface area contributed by atoms with Crippen LogP contribution in [0.3, 0.4) is 0 Å². The summed E-state index contributed by atoms with van der Waals surface area (Å²) < 4.78 is 1.28. The lowest BCUT2D eigenvalue weighted by Gasteiger charge is -2.02. The van der Waals surface area contributed by atoms with E-state index >= 15 is 0 Å². The maximum absolute atomic E-state index is 7.66. The van der Waals surface area contributed by atoms with Crippen LogP contribution in [0.25, 0.3) is 10.9 Å². The molecule has 0 aliphatic rings. The van der Waals surface area contributed by atoms with Gasteiger partial charge in [-0.15, -0.1) is 0 Å². The van der Waals surface area contributed by atoms with E-state index in [1.165, 1.54) is 4.68 Å². The van der Waals surface area contributed by atoms with Crippen molar-refractivity contribution in [1.29, 1.82) is 5.41 Å². The Hall–Kier alpha value is -1.84. The normalized spacial score (nSPS) is 10.5. The van der Waals surface area contributed by atoms with Gasteiger partial charge in [-0.25, -0.2) is 0 Å². The second-order valence-corrected chi connectivity index (χ2v) is 2.96. The number of nitrogen functional groups attached to an aromatic ring is 1. The molecule has 4 nitrogen and oxygen atoms in total. The molecule has 0 bridgehead atoms. The van der Waals surface area contributed by atoms with Gasteiger partial charge in [-0.1, -0.05) is 0 Å². The Kier molecular flexibility index (Phi) is 1.55. The summed E-state index contributed by atoms with van der Waals surface area (Å²) in [6.07, 6.45) is 1.64. The first kappa shape index (κ1) is 7.79. The minimum absolute atomic E-state index is 0.282. The van der Waals surface area contributed by atoms with E-state index in [4.69, 9.17) is 11.3 Å². The lowest BCUT2D eigenvalue weighted by Crippen LogP contribution is -2.26. The molecule has 0 unspecified atom stereocenters. The number of nitrogens with one attached hydrogen (secondary N) is 1. The summed E-state index contributed by atoms with van der Waals surface area (Å²) in [4.78, 5) is 4.29. The minimum Gasteiger partial charge on any atom is -0.338 e. The third-order valence-electron chi connectivity index (χ3n) is 1.97. The van der Waals surface area contributed by atoms with E-state index in [0.29, 0.717) is 0 Å². The summed E-state index contributed by atoms with van der Waals surface area (Å²) in [5.41, 5.74) is 2.04. The zero-order valence-electron chi connectivity index (χ0n) is 7.28. The number of hydrogen-bond donors (Lipinski definition) is 2. The summed E-state index contributed by atoms with van der Waals surface area (Å²) in [7, 11) is 0. The Morgan fingerprint density at radius 1 is 1.38 bits per heavy atom. The molecule has 0 aromatic carbocycles. The van der Waals surface area contributed by atoms with Crippen LogP contribution in [-0.4, -0.2) is 9.66 Å². The van der Waals surface area contributed by atoms with Gasteiger partial charge in [-0.05, 0) is 25.1 Å². The molecule has 0 fully saturated rings. The van der Waals surface area contributed by atoms with Gasteiger partial charge in [-0.3, -0.25) is 15.1 Å². The maximum Gasteiger partial charge on any atom is 0.152 e. The molecule has 3 N–H and O–H groups in total. The molecule has 0 radical (unpaired) electrons. The highest BCUT2D eigenvalue weighted by Crippen LogP contribution is 2.05. The first-order valence-corrected chi connectivity index (χ1v) is 3.97. The van der Waals surface area contributed by atoms with Crippen LogP contribution in [0.15, 0.2) is 24.4 Å². The third-order valence-corrected chi connectivity index (χ3v) is 1.97. The fourth-order valence-corrected chi connectivity index (χ4v) is 1.27. The van der Waals surface area contributed by atoms with Gasteiger partial charge < -0.3 is 5.84 Å². The van der Waals surface area contributed by atoms with Gasteiger partial charge in [-0.2, -0.15) is 0 Å². The van der Waals surface area contributed by atoms with Crippen molar-refractivity contribution in [3.05, 3.63) is 35.6 Å². The van der Waals surface area contributed by atoms with Crippen LogP contribution in [0.2, 0.25) is 0 Å². The first-order valence-electron chi connectivity index (χ1n) is 3.97. The average Bonchev–Trinajstić information content (AvgIpc) is 2.12. The Morgan fingerprint density at radius 3 is 2.92 bits per heavy atom. The highest BCUT2D eigenvalue weighted by atomic mass is 15.3. The number of fused-ring (bicyclic) bond motifs is 1. The topological polar surface area (TPSA) is 67.7 Å². The van der Waals surface area contributed by atoms with Gasteiger partial charge in [0.25, 0.3) is 0 Å². The van der Waals surface area contributed by atoms with Gasteiger partial charge in [0.05, 0.1) is 5.52 Å². The molecule has 13 heavy (non-hydrogen) atoms. The van der Waals surface area contributed by atoms with Gasteiger partial charge in [0.2, 0.25) is 0 Å². The first-order chi connectivity index (χ1) is 6.18. The lowest BCUT2D eigenvalue weighted by molar-refractivity contribution is 0.896. The summed E-state index contributed by atoms with van der Waals surface area (Å²) in [6, 6.07) is 5.55. The molecule has 0 amide bonds. The maximum atomic E-state index is 7.66. The molecule has 0 atom stereocenters. The molecule has 2 aromatic heterocycles. The Morgan fingerprint density at radius 2 is 2.15 bits per heavy atom. The molecular formula is C9H10N4. The lowest BCUT2D eigenvalue weighted by atomic mass is 10.2. The van der Waals surface area contributed by atoms with Gasteiger partial charge >= 0.3 is 0 Å². The standard InChI is InChI=1S/C9H10N4/c1-6-2-3-7-8(12-6)4-5-13(11)9(7)10/h2-5,10H,11H2,1H3. The zero-order chi connectivity index (χ0) is 9.42. The van der Waals surface area contributed by atoms with Crippen molar-refractivity contribution in [3.8, 4) is 0 Å². The number of aryl methyl sites for hydroxylation is 1. The quantitative estimate of drug-likeness (QED) is 0.572. The monoisotopic (exact) mass is 174 g/mol. The van der Waals surface area contributed by atoms with E-state index in [0.717, 1.165) is 16.6 Å². The summed E-state index contributed by atoms with van der Waals surface area (Å²) >= 11 is 0. The molecule has 0 spiro atoms. The fraction of sp³-hybridized carbons (Fsp3) is 0.111. The van der Waals surface area contributed by atoms with Gasteiger partial charge in [0.15, 0.2) is 5.49 Å². The predicted molar refractivity (Wildman–Crippen MR) is 50.5 cm³/mol. The molecule has 2 aromatic rings. The van der Waals surface area contributed by atoms with Crippen LogP contribution in [0.4, 0.5) is 0 Å². The molecule has 0 saturated heterocycles. The largest absolute Gasteiger partial charge is 0.338 e. The Labute approximate surface area is 75.1 Å². The van der Waals surface area contributed by atoms with Crippen molar-refractivity contribution < 1.29 is 0 Å². The van der Waals surface area contributed by atoms with E-state index in [1.54, 1.807) is 12.3 Å². The molecule has 2 rings (SSSR count). The summed E-state index contributed by atoms with van der Waals surface area (Å²) in [6.45, 7) is 1.92. The fourth-order valence-electron chi connectivity index (χ4n) is 1.27. The molecule has 4 heteroatoms. The van der Waals surface area contributed by atoms with Crippen LogP contribution in [0.1, 0.15) is 5.69 Å². The Balaban J connectivity index is 2.95. The van der Waals surface area contributed by atoms with Crippen LogP contribution in [-0.2, 0) is 0 Å². The van der Waals surface area contributed by atoms with Crippen molar-refractivity contribution in [3.63, 3.8) is 0 Å². The SMILES string of the molecule is Cc1ccc2c(=N)n(N)ccc2n1. The van der Waals surface area contributed by atoms with Crippen LogP contribution >= 0.6 is 0 Å². The predicted octanol–water partition coefficient (Wildman–Crippen LogP) is 0.538. The highest BCUT2D eigenvalue weighted by molar-refractivity contribution is 5.76. The van der Waals surface area contributed by atoms with Gasteiger partial charge in [0.1, 0.15) is 0 Å². The van der Waals surface area contributed by atoms with Crippen LogP contribution in [0.5, 0.6) is 0 Å². The van der Waals surface area contributed by atoms with Crippen LogP contribution < -0.4 is 11.3 Å². The van der Waals surface area contributed by atoms with E-state index < -0.39 is 0 Å². The summed E-state index contributed by atoms with van der Waals surface area (Å²) in [5, 5.41) is 8.43. The van der Waals surface area contributed by atoms with E-state index in [-0.39, 0.29) is 5.49 Å². The molecule has 0 aliphatic heterocycles. The molecule has 0 aliphatic carbocycles. The van der Waals surface area contributed by atoms with Crippen molar-refractivity contribution in [2.45, 2.75) is 6.92 Å². The number of hydrogen-bond acceptors (Lipinski definition) is 3. The third kappa shape index (κ3) is 1.16. The van der Waals surface area contributed by atoms with E-state index in [9.17, 15) is 0 Å². The van der Waals surface area contributed by atoms with Crippen LogP contribution in [0, 0.1) is 12.3 Å². The van der Waals surface area contributed by atoms with E-state index in [2.05, 4.69) is 4.98 Å². The van der Waals surface area contributed by atoms with Crippen molar-refractivity contribution in [1.82, 2.24) is 9.66 Å². The zero-order valence-corrected chi connectivity index (χ0v) is 7.28. The Bertz CT molecular complexity index is 512. The van der Waals surface area contributed by atoms with Crippen molar-refractivity contribution >= 4 is 10.9 Å². The second-order valence-electron chi connectivity index (χ2n) is 2.96. The van der Waals surface area contributed by atoms with Crippen molar-refractivity contribution in [2.75, 3.05) is 5.84 Å². The number of aromatic nitrogens is 2. The molecule has 2 heterocycles. The number of nitrogens with two attached hydrogens (primary N) is 1.